The van der Waals surface area contributed by atoms with E-state index >= 15 is 0 Å². The number of pyridine rings is 1. The molecule has 0 saturated heterocycles. The molecule has 0 aromatic carbocycles. The second-order valence-electron chi connectivity index (χ2n) is 2.77. The van der Waals surface area contributed by atoms with Crippen LogP contribution in [0.3, 0.4) is 0 Å². The number of alkyl halides is 3. The van der Waals surface area contributed by atoms with Gasteiger partial charge in [0.2, 0.25) is 0 Å². The summed E-state index contributed by atoms with van der Waals surface area (Å²) in [5, 5.41) is 2.63. The molecule has 0 aliphatic rings. The average molecular weight is 313 g/mol. The molecule has 1 aromatic rings. The van der Waals surface area contributed by atoms with Crippen LogP contribution in [0, 0.1) is 0 Å². The molecule has 0 saturated carbocycles. The number of nitrogens with zero attached hydrogens (tertiary/aromatic N) is 1. The standard InChI is InChI=1S/C8H9ClF3N3.2ClH/c9-6-3-5(8(10,11)12)4-15-7(6)14-2-1-13;;/h3-4H,1-2,13H2,(H,14,15);2*1H. The lowest BCUT2D eigenvalue weighted by atomic mass is 10.3. The predicted molar refractivity (Wildman–Crippen MR) is 66.3 cm³/mol. The Morgan fingerprint density at radius 3 is 2.35 bits per heavy atom. The van der Waals surface area contributed by atoms with Crippen LogP contribution in [0.2, 0.25) is 5.02 Å². The van der Waals surface area contributed by atoms with Crippen LogP contribution in [0.25, 0.3) is 0 Å². The lowest BCUT2D eigenvalue weighted by Crippen LogP contribution is -2.14. The third-order valence-corrected chi connectivity index (χ3v) is 1.89. The number of nitrogens with two attached hydrogens (primary N) is 1. The Balaban J connectivity index is 0. The Morgan fingerprint density at radius 2 is 1.94 bits per heavy atom. The highest BCUT2D eigenvalue weighted by atomic mass is 35.5. The number of rotatable bonds is 3. The van der Waals surface area contributed by atoms with Crippen molar-refractivity contribution in [3.05, 3.63) is 22.8 Å². The quantitative estimate of drug-likeness (QED) is 0.902. The molecule has 0 unspecified atom stereocenters. The Labute approximate surface area is 114 Å². The van der Waals surface area contributed by atoms with Gasteiger partial charge < -0.3 is 11.1 Å². The molecule has 0 atom stereocenters. The van der Waals surface area contributed by atoms with Crippen LogP contribution in [0.4, 0.5) is 19.0 Å². The van der Waals surface area contributed by atoms with Crippen LogP contribution < -0.4 is 11.1 Å². The Bertz CT molecular complexity index is 347. The fraction of sp³-hybridized carbons (Fsp3) is 0.375. The zero-order chi connectivity index (χ0) is 11.5. The minimum Gasteiger partial charge on any atom is -0.368 e. The van der Waals surface area contributed by atoms with E-state index in [0.717, 1.165) is 12.3 Å². The summed E-state index contributed by atoms with van der Waals surface area (Å²) in [4.78, 5) is 3.56. The van der Waals surface area contributed by atoms with Crippen LogP contribution in [0.15, 0.2) is 12.3 Å². The summed E-state index contributed by atoms with van der Waals surface area (Å²) in [5.74, 6) is 0.204. The van der Waals surface area contributed by atoms with Crippen molar-refractivity contribution in [1.82, 2.24) is 4.98 Å². The van der Waals surface area contributed by atoms with Crippen molar-refractivity contribution >= 4 is 42.2 Å². The summed E-state index contributed by atoms with van der Waals surface area (Å²) in [6.07, 6.45) is -3.70. The molecular formula is C8H11Cl3F3N3. The van der Waals surface area contributed by atoms with E-state index in [-0.39, 0.29) is 35.7 Å². The monoisotopic (exact) mass is 311 g/mol. The maximum atomic E-state index is 12.2. The molecule has 0 amide bonds. The minimum atomic E-state index is -4.43. The summed E-state index contributed by atoms with van der Waals surface area (Å²) >= 11 is 5.61. The van der Waals surface area contributed by atoms with Gasteiger partial charge in [-0.15, -0.1) is 24.8 Å². The predicted octanol–water partition coefficient (Wildman–Crippen LogP) is 2.97. The van der Waals surface area contributed by atoms with E-state index in [4.69, 9.17) is 17.3 Å². The van der Waals surface area contributed by atoms with Gasteiger partial charge in [0, 0.05) is 19.3 Å². The average Bonchev–Trinajstić information content (AvgIpc) is 2.14. The van der Waals surface area contributed by atoms with Crippen molar-refractivity contribution in [3.8, 4) is 0 Å². The molecule has 1 rings (SSSR count). The van der Waals surface area contributed by atoms with Crippen LogP contribution in [0.5, 0.6) is 0 Å². The van der Waals surface area contributed by atoms with Crippen molar-refractivity contribution in [2.24, 2.45) is 5.73 Å². The van der Waals surface area contributed by atoms with E-state index < -0.39 is 11.7 Å². The molecule has 3 nitrogen and oxygen atoms in total. The fourth-order valence-corrected chi connectivity index (χ4v) is 1.15. The Morgan fingerprint density at radius 1 is 1.35 bits per heavy atom. The van der Waals surface area contributed by atoms with Crippen LogP contribution in [-0.4, -0.2) is 18.1 Å². The van der Waals surface area contributed by atoms with E-state index in [1.807, 2.05) is 0 Å². The van der Waals surface area contributed by atoms with Gasteiger partial charge in [-0.3, -0.25) is 0 Å². The number of anilines is 1. The van der Waals surface area contributed by atoms with Crippen molar-refractivity contribution in [2.45, 2.75) is 6.18 Å². The fourth-order valence-electron chi connectivity index (χ4n) is 0.914. The normalized spacial score (nSPS) is 10.2. The van der Waals surface area contributed by atoms with Crippen molar-refractivity contribution in [3.63, 3.8) is 0 Å². The molecule has 1 aromatic heterocycles. The molecule has 1 heterocycles. The van der Waals surface area contributed by atoms with Crippen LogP contribution >= 0.6 is 36.4 Å². The van der Waals surface area contributed by atoms with Gasteiger partial charge in [-0.1, -0.05) is 11.6 Å². The zero-order valence-electron chi connectivity index (χ0n) is 8.42. The highest BCUT2D eigenvalue weighted by Gasteiger charge is 2.31. The molecule has 3 N–H and O–H groups in total. The molecule has 17 heavy (non-hydrogen) atoms. The summed E-state index contributed by atoms with van der Waals surface area (Å²) in [6, 6.07) is 0.827. The van der Waals surface area contributed by atoms with Gasteiger partial charge in [-0.2, -0.15) is 13.2 Å². The number of nitrogens with one attached hydrogen (secondary N) is 1. The first-order chi connectivity index (χ1) is 6.95. The molecular weight excluding hydrogens is 301 g/mol. The highest BCUT2D eigenvalue weighted by molar-refractivity contribution is 6.32. The third-order valence-electron chi connectivity index (χ3n) is 1.61. The molecule has 0 aliphatic heterocycles. The van der Waals surface area contributed by atoms with Crippen molar-refractivity contribution < 1.29 is 13.2 Å². The molecule has 0 bridgehead atoms. The van der Waals surface area contributed by atoms with Gasteiger partial charge in [0.1, 0.15) is 5.82 Å². The first kappa shape index (κ1) is 18.9. The molecule has 0 fully saturated rings. The van der Waals surface area contributed by atoms with Gasteiger partial charge in [-0.05, 0) is 6.07 Å². The lowest BCUT2D eigenvalue weighted by Gasteiger charge is -2.09. The van der Waals surface area contributed by atoms with E-state index in [0.29, 0.717) is 13.1 Å². The number of aromatic nitrogens is 1. The summed E-state index contributed by atoms with van der Waals surface area (Å²) in [6.45, 7) is 0.747. The summed E-state index contributed by atoms with van der Waals surface area (Å²) < 4.78 is 36.6. The SMILES string of the molecule is Cl.Cl.NCCNc1ncc(C(F)(F)F)cc1Cl. The van der Waals surface area contributed by atoms with Crippen molar-refractivity contribution in [1.29, 1.82) is 0 Å². The molecule has 9 heteroatoms. The summed E-state index contributed by atoms with van der Waals surface area (Å²) in [5.41, 5.74) is 4.34. The van der Waals surface area contributed by atoms with E-state index in [2.05, 4.69) is 10.3 Å². The first-order valence-corrected chi connectivity index (χ1v) is 4.49. The smallest absolute Gasteiger partial charge is 0.368 e. The highest BCUT2D eigenvalue weighted by Crippen LogP contribution is 2.32. The molecule has 0 spiro atoms. The number of hydrogen-bond donors (Lipinski definition) is 2. The molecule has 100 valence electrons. The zero-order valence-corrected chi connectivity index (χ0v) is 10.8. The number of halogens is 6. The van der Waals surface area contributed by atoms with Gasteiger partial charge in [-0.25, -0.2) is 4.98 Å². The third kappa shape index (κ3) is 5.63. The van der Waals surface area contributed by atoms with Gasteiger partial charge >= 0.3 is 6.18 Å². The van der Waals surface area contributed by atoms with Gasteiger partial charge in [0.05, 0.1) is 10.6 Å². The summed E-state index contributed by atoms with van der Waals surface area (Å²) in [7, 11) is 0. The number of hydrogen-bond acceptors (Lipinski definition) is 3. The molecule has 0 radical (unpaired) electrons. The van der Waals surface area contributed by atoms with E-state index in [1.54, 1.807) is 0 Å². The van der Waals surface area contributed by atoms with Crippen LogP contribution in [0.1, 0.15) is 5.56 Å². The largest absolute Gasteiger partial charge is 0.417 e. The topological polar surface area (TPSA) is 50.9 Å². The van der Waals surface area contributed by atoms with E-state index in [1.165, 1.54) is 0 Å². The van der Waals surface area contributed by atoms with E-state index in [9.17, 15) is 13.2 Å². The Hall–Kier alpha value is -0.430. The first-order valence-electron chi connectivity index (χ1n) is 4.12. The lowest BCUT2D eigenvalue weighted by molar-refractivity contribution is -0.137. The molecule has 0 aliphatic carbocycles. The second kappa shape index (κ2) is 7.81. The van der Waals surface area contributed by atoms with Gasteiger partial charge in [0.15, 0.2) is 0 Å². The van der Waals surface area contributed by atoms with Crippen molar-refractivity contribution in [2.75, 3.05) is 18.4 Å². The minimum absolute atomic E-state index is 0. The maximum Gasteiger partial charge on any atom is 0.417 e. The second-order valence-corrected chi connectivity index (χ2v) is 3.17. The Kier molecular flexibility index (Phi) is 8.70. The maximum absolute atomic E-state index is 12.2. The van der Waals surface area contributed by atoms with Gasteiger partial charge in [0.25, 0.3) is 0 Å². The van der Waals surface area contributed by atoms with Crippen LogP contribution in [-0.2, 0) is 6.18 Å².